The van der Waals surface area contributed by atoms with Crippen LogP contribution in [-0.4, -0.2) is 23.2 Å². The summed E-state index contributed by atoms with van der Waals surface area (Å²) < 4.78 is 7.87. The van der Waals surface area contributed by atoms with Crippen LogP contribution in [0.4, 0.5) is 0 Å². The van der Waals surface area contributed by atoms with Crippen molar-refractivity contribution < 1.29 is 24.5 Å². The number of hydrogen-bond acceptors (Lipinski definition) is 3. The number of benzene rings is 4. The first-order valence-corrected chi connectivity index (χ1v) is 24.1. The number of hydrogen-bond donors (Lipinski definition) is 0. The molecule has 0 bridgehead atoms. The van der Waals surface area contributed by atoms with Gasteiger partial charge in [-0.15, -0.1) is 18.2 Å². The fourth-order valence-corrected chi connectivity index (χ4v) is 8.07. The summed E-state index contributed by atoms with van der Waals surface area (Å²) in [5.41, 5.74) is 10.7. The van der Waals surface area contributed by atoms with Crippen molar-refractivity contribution in [3.63, 3.8) is 0 Å². The van der Waals surface area contributed by atoms with Gasteiger partial charge in [0, 0.05) is 31.7 Å². The fraction of sp³-hybridized carbons (Fsp3) is 0.227. The Balaban J connectivity index is 0.000000233. The Morgan fingerprint density at radius 1 is 0.714 bits per heavy atom. The van der Waals surface area contributed by atoms with Gasteiger partial charge in [-0.25, -0.2) is 0 Å². The second-order valence-corrected chi connectivity index (χ2v) is 25.4. The van der Waals surface area contributed by atoms with Gasteiger partial charge in [-0.2, -0.15) is 0 Å². The predicted octanol–water partition coefficient (Wildman–Crippen LogP) is 11.7. The van der Waals surface area contributed by atoms with E-state index in [0.717, 1.165) is 50.0 Å². The molecule has 7 rings (SSSR count). The van der Waals surface area contributed by atoms with Crippen LogP contribution in [0, 0.1) is 24.5 Å². The van der Waals surface area contributed by atoms with Crippen molar-refractivity contribution in [2.45, 2.75) is 57.8 Å². The molecule has 0 aliphatic heterocycles. The van der Waals surface area contributed by atoms with Gasteiger partial charge in [0.1, 0.15) is 5.58 Å². The monoisotopic (exact) mass is 883 g/mol. The minimum atomic E-state index is -1.72. The molecule has 0 fully saturated rings. The minimum absolute atomic E-state index is 0. The van der Waals surface area contributed by atoms with Gasteiger partial charge in [-0.3, -0.25) is 0 Å². The summed E-state index contributed by atoms with van der Waals surface area (Å²) in [6, 6.07) is 42.0. The molecule has 3 aromatic heterocycles. The van der Waals surface area contributed by atoms with E-state index >= 15 is 0 Å². The summed E-state index contributed by atoms with van der Waals surface area (Å²) in [6.07, 6.45) is 4.02. The van der Waals surface area contributed by atoms with E-state index in [1.165, 1.54) is 21.1 Å². The predicted molar refractivity (Wildman–Crippen MR) is 205 cm³/mol. The summed E-state index contributed by atoms with van der Waals surface area (Å²) in [7, 11) is 0. The molecule has 3 nitrogen and oxygen atoms in total. The van der Waals surface area contributed by atoms with E-state index in [-0.39, 0.29) is 25.5 Å². The Hall–Kier alpha value is -3.83. The van der Waals surface area contributed by atoms with E-state index in [0.29, 0.717) is 5.92 Å². The molecule has 4 aromatic carbocycles. The number of furan rings is 1. The van der Waals surface area contributed by atoms with Crippen LogP contribution in [0.15, 0.2) is 120 Å². The molecular formula is C44H44GeIrN2O-2. The smallest absolute Gasteiger partial charge is 0 e. The van der Waals surface area contributed by atoms with Crippen molar-refractivity contribution in [1.29, 1.82) is 0 Å². The summed E-state index contributed by atoms with van der Waals surface area (Å²) >= 11 is -1.72. The maximum Gasteiger partial charge on any atom is 0 e. The Morgan fingerprint density at radius 2 is 1.45 bits per heavy atom. The Kier molecular flexibility index (Phi) is 11.1. The first-order valence-electron chi connectivity index (χ1n) is 16.7. The quantitative estimate of drug-likeness (QED) is 0.128. The summed E-state index contributed by atoms with van der Waals surface area (Å²) in [5.74, 6) is 7.55. The fourth-order valence-electron chi connectivity index (χ4n) is 5.90. The first kappa shape index (κ1) is 36.5. The third-order valence-electron chi connectivity index (χ3n) is 9.32. The third kappa shape index (κ3) is 8.15. The number of nitrogens with zero attached hydrogens (tertiary/aromatic N) is 2. The van der Waals surface area contributed by atoms with Crippen molar-refractivity contribution >= 4 is 39.6 Å². The Bertz CT molecular complexity index is 2160. The average Bonchev–Trinajstić information content (AvgIpc) is 3.47. The second kappa shape index (κ2) is 15.0. The van der Waals surface area contributed by atoms with Crippen LogP contribution >= 0.6 is 0 Å². The molecule has 251 valence electrons. The molecule has 3 heterocycles. The Morgan fingerprint density at radius 3 is 2.10 bits per heavy atom. The van der Waals surface area contributed by atoms with E-state index in [9.17, 15) is 0 Å². The normalized spacial score (nSPS) is 12.2. The Labute approximate surface area is 307 Å². The van der Waals surface area contributed by atoms with Crippen molar-refractivity contribution in [2.24, 2.45) is 5.41 Å². The molecule has 0 aliphatic carbocycles. The van der Waals surface area contributed by atoms with Crippen LogP contribution in [0.25, 0.3) is 55.6 Å². The van der Waals surface area contributed by atoms with Crippen molar-refractivity contribution in [2.75, 3.05) is 0 Å². The molecule has 49 heavy (non-hydrogen) atoms. The molecule has 7 aromatic rings. The number of aromatic nitrogens is 2. The molecule has 0 N–H and O–H groups in total. The number of fused-ring (bicyclic) bond motifs is 3. The molecule has 0 amide bonds. The molecule has 0 saturated heterocycles. The molecule has 0 saturated carbocycles. The summed E-state index contributed by atoms with van der Waals surface area (Å²) in [6.45, 7) is 11.3. The minimum Gasteiger partial charge on any atom is 0 e. The maximum atomic E-state index is 6.43. The standard InChI is InChI=1S/C30H28NO.C14H16GeN.Ir/c1-19-18-31-27(17-26(19)20(2)30(3,4)5)25-13-9-12-24-23-15-14-22(16-28(23)32-29(24)25)21-10-7-6-8-11-21;1-15(2,3)13-9-10-14(16-11-13)12-7-5-4-6-8-12;/h6-12,14-18,20H,1-5H3;4-7,9-11H,1-3H3;/q2*-1;. The van der Waals surface area contributed by atoms with Crippen LogP contribution in [0.1, 0.15) is 44.7 Å². The van der Waals surface area contributed by atoms with Gasteiger partial charge in [-0.1, -0.05) is 87.2 Å². The first-order chi connectivity index (χ1) is 22.9. The van der Waals surface area contributed by atoms with Gasteiger partial charge in [0.05, 0.1) is 5.58 Å². The van der Waals surface area contributed by atoms with Crippen molar-refractivity contribution in [3.05, 3.63) is 139 Å². The van der Waals surface area contributed by atoms with Gasteiger partial charge in [0.2, 0.25) is 0 Å². The van der Waals surface area contributed by atoms with Gasteiger partial charge in [0.25, 0.3) is 0 Å². The molecule has 1 radical (unpaired) electrons. The van der Waals surface area contributed by atoms with Crippen LogP contribution in [0.3, 0.4) is 0 Å². The van der Waals surface area contributed by atoms with Crippen LogP contribution in [-0.2, 0) is 20.1 Å². The summed E-state index contributed by atoms with van der Waals surface area (Å²) in [5, 5.41) is 2.21. The number of pyridine rings is 2. The zero-order valence-electron chi connectivity index (χ0n) is 29.7. The van der Waals surface area contributed by atoms with Crippen LogP contribution in [0.2, 0.25) is 17.3 Å². The molecule has 0 aliphatic rings. The SMILES string of the molecule is Cc1cnc(-c2[c-]ccc3c2oc2cc(-c4ccccc4)ccc23)cc1C(C)C(C)(C)C.[CH3][Ge]([CH3])([CH3])[c]1ccc(-c2[c-]cccc2)nc1.[Ir]. The van der Waals surface area contributed by atoms with Crippen molar-refractivity contribution in [1.82, 2.24) is 9.97 Å². The molecule has 1 unspecified atom stereocenters. The average molecular weight is 882 g/mol. The number of rotatable bonds is 5. The van der Waals surface area contributed by atoms with Gasteiger partial charge < -0.3 is 9.40 Å². The van der Waals surface area contributed by atoms with Crippen LogP contribution in [0.5, 0.6) is 0 Å². The largest absolute Gasteiger partial charge is 0 e. The van der Waals surface area contributed by atoms with Crippen LogP contribution < -0.4 is 4.40 Å². The molecule has 0 spiro atoms. The summed E-state index contributed by atoms with van der Waals surface area (Å²) in [4.78, 5) is 9.30. The maximum absolute atomic E-state index is 6.43. The van der Waals surface area contributed by atoms with Crippen molar-refractivity contribution in [3.8, 4) is 33.6 Å². The van der Waals surface area contributed by atoms with Gasteiger partial charge in [0.15, 0.2) is 0 Å². The van der Waals surface area contributed by atoms with E-state index in [2.05, 4.69) is 136 Å². The molecule has 1 atom stereocenters. The molecule has 5 heteroatoms. The topological polar surface area (TPSA) is 38.9 Å². The van der Waals surface area contributed by atoms with E-state index < -0.39 is 13.3 Å². The van der Waals surface area contributed by atoms with Gasteiger partial charge in [-0.05, 0) is 52.3 Å². The third-order valence-corrected chi connectivity index (χ3v) is 13.6. The second-order valence-electron chi connectivity index (χ2n) is 14.7. The van der Waals surface area contributed by atoms with E-state index in [1.54, 1.807) is 0 Å². The zero-order chi connectivity index (χ0) is 34.1. The van der Waals surface area contributed by atoms with Gasteiger partial charge >= 0.3 is 99.8 Å². The number of aryl methyl sites for hydroxylation is 1. The molecular weight excluding hydrogens is 837 g/mol. The van der Waals surface area contributed by atoms with E-state index in [4.69, 9.17) is 9.40 Å². The zero-order valence-corrected chi connectivity index (χ0v) is 34.2. The van der Waals surface area contributed by atoms with E-state index in [1.807, 2.05) is 48.8 Å².